The second-order valence-electron chi connectivity index (χ2n) is 9.12. The fraction of sp³-hybridized carbons (Fsp3) is 0.652. The van der Waals surface area contributed by atoms with Crippen molar-refractivity contribution in [2.75, 3.05) is 26.4 Å². The number of piperazine rings is 1. The Hall–Kier alpha value is -1.83. The minimum Gasteiger partial charge on any atom is -0.356 e. The molecule has 0 saturated carbocycles. The van der Waals surface area contributed by atoms with Gasteiger partial charge in [0.15, 0.2) is 0 Å². The average molecular weight is 418 g/mol. The van der Waals surface area contributed by atoms with Crippen LogP contribution < -0.4 is 0 Å². The van der Waals surface area contributed by atoms with Gasteiger partial charge in [0.25, 0.3) is 0 Å². The molecule has 4 atom stereocenters. The molecule has 1 aromatic rings. The molecule has 4 rings (SSSR count). The molecule has 1 amide bonds. The molecule has 2 unspecified atom stereocenters. The second-order valence-corrected chi connectivity index (χ2v) is 9.12. The number of carbonyl (C=O) groups excluding carboxylic acids is 2. The number of nitrogens with zero attached hydrogens (tertiary/aromatic N) is 3. The predicted molar refractivity (Wildman–Crippen MR) is 111 cm³/mol. The van der Waals surface area contributed by atoms with Crippen molar-refractivity contribution in [3.05, 3.63) is 35.6 Å². The molecule has 6 nitrogen and oxygen atoms in total. The van der Waals surface area contributed by atoms with Crippen molar-refractivity contribution >= 4 is 11.7 Å². The summed E-state index contributed by atoms with van der Waals surface area (Å²) in [5, 5.41) is 0. The van der Waals surface area contributed by atoms with Crippen molar-refractivity contribution in [2.45, 2.75) is 70.2 Å². The summed E-state index contributed by atoms with van der Waals surface area (Å²) in [4.78, 5) is 31.1. The van der Waals surface area contributed by atoms with Gasteiger partial charge in [-0.1, -0.05) is 12.1 Å². The summed E-state index contributed by atoms with van der Waals surface area (Å²) in [6.45, 7) is 6.90. The number of ether oxygens (including phenoxy) is 1. The van der Waals surface area contributed by atoms with Crippen LogP contribution in [0.3, 0.4) is 0 Å². The van der Waals surface area contributed by atoms with Crippen molar-refractivity contribution in [1.82, 2.24) is 14.7 Å². The molecule has 1 aromatic carbocycles. The summed E-state index contributed by atoms with van der Waals surface area (Å²) in [6.07, 6.45) is 3.35. The van der Waals surface area contributed by atoms with Crippen LogP contribution in [0.25, 0.3) is 0 Å². The van der Waals surface area contributed by atoms with Gasteiger partial charge >= 0.3 is 0 Å². The first-order valence-electron chi connectivity index (χ1n) is 11.0. The summed E-state index contributed by atoms with van der Waals surface area (Å²) in [5.74, 6) is 0.159. The molecule has 3 heterocycles. The first-order valence-corrected chi connectivity index (χ1v) is 11.0. The lowest BCUT2D eigenvalue weighted by Gasteiger charge is -2.44. The normalized spacial score (nSPS) is 30.1. The smallest absolute Gasteiger partial charge is 0.248 e. The first kappa shape index (κ1) is 21.4. The number of ketones is 1. The summed E-state index contributed by atoms with van der Waals surface area (Å²) in [6, 6.07) is 7.52. The Balaban J connectivity index is 1.25. The van der Waals surface area contributed by atoms with E-state index in [0.29, 0.717) is 44.0 Å². The molecule has 3 saturated heterocycles. The molecule has 3 fully saturated rings. The van der Waals surface area contributed by atoms with E-state index in [1.807, 2.05) is 17.0 Å². The minimum atomic E-state index is -0.222. The molecule has 7 heteroatoms. The third-order valence-corrected chi connectivity index (χ3v) is 6.90. The molecule has 30 heavy (non-hydrogen) atoms. The summed E-state index contributed by atoms with van der Waals surface area (Å²) in [5.41, 5.74) is 1.08. The number of carbonyl (C=O) groups is 2. The van der Waals surface area contributed by atoms with E-state index >= 15 is 0 Å². The van der Waals surface area contributed by atoms with Crippen LogP contribution in [0, 0.1) is 5.82 Å². The van der Waals surface area contributed by atoms with Crippen LogP contribution >= 0.6 is 0 Å². The fourth-order valence-electron chi connectivity index (χ4n) is 5.18. The van der Waals surface area contributed by atoms with Crippen LogP contribution in [-0.2, 0) is 20.9 Å². The van der Waals surface area contributed by atoms with Gasteiger partial charge in [-0.2, -0.15) is 0 Å². The van der Waals surface area contributed by atoms with Crippen LogP contribution in [-0.4, -0.2) is 77.0 Å². The molecular weight excluding hydrogens is 385 g/mol. The minimum absolute atomic E-state index is 0.0243. The molecule has 0 aromatic heterocycles. The van der Waals surface area contributed by atoms with E-state index < -0.39 is 0 Å². The van der Waals surface area contributed by atoms with Crippen molar-refractivity contribution in [3.8, 4) is 0 Å². The Kier molecular flexibility index (Phi) is 6.51. The van der Waals surface area contributed by atoms with Crippen LogP contribution in [0.5, 0.6) is 0 Å². The lowest BCUT2D eigenvalue weighted by atomic mass is 10.0. The van der Waals surface area contributed by atoms with Crippen molar-refractivity contribution in [3.63, 3.8) is 0 Å². The van der Waals surface area contributed by atoms with Gasteiger partial charge in [-0.05, 0) is 44.4 Å². The number of piperidine rings is 1. The SMILES string of the molecule is CC1CN(C(=O)COCN2[C@@H]3CC[C@@H]2CC(=O)C3)C(C)CN1Cc1ccc(F)cc1. The van der Waals surface area contributed by atoms with E-state index in [2.05, 4.69) is 23.6 Å². The van der Waals surface area contributed by atoms with Gasteiger partial charge in [-0.15, -0.1) is 0 Å². The van der Waals surface area contributed by atoms with Crippen molar-refractivity contribution in [2.24, 2.45) is 0 Å². The number of halogens is 1. The number of fused-ring (bicyclic) bond motifs is 2. The predicted octanol–water partition coefficient (Wildman–Crippen LogP) is 2.42. The number of amides is 1. The second kappa shape index (κ2) is 9.12. The molecule has 0 spiro atoms. The number of rotatable bonds is 6. The third-order valence-electron chi connectivity index (χ3n) is 6.90. The quantitative estimate of drug-likeness (QED) is 0.712. The standard InChI is InChI=1S/C23H32FN3O3/c1-16-12-26(17(2)11-25(16)13-18-3-5-19(24)6-4-18)23(29)14-30-15-27-20-7-8-21(27)10-22(28)9-20/h3-6,16-17,20-21H,7-15H2,1-2H3/t16?,17?,20-,21-/m1/s1. The number of hydrogen-bond donors (Lipinski definition) is 0. The first-order chi connectivity index (χ1) is 14.4. The van der Waals surface area contributed by atoms with Gasteiger partial charge in [0.1, 0.15) is 24.9 Å². The van der Waals surface area contributed by atoms with Crippen LogP contribution in [0.4, 0.5) is 4.39 Å². The zero-order valence-corrected chi connectivity index (χ0v) is 17.9. The molecular formula is C23H32FN3O3. The van der Waals surface area contributed by atoms with E-state index in [0.717, 1.165) is 31.5 Å². The summed E-state index contributed by atoms with van der Waals surface area (Å²) < 4.78 is 18.9. The topological polar surface area (TPSA) is 53.1 Å². The zero-order chi connectivity index (χ0) is 21.3. The maximum atomic E-state index is 13.1. The third kappa shape index (κ3) is 4.74. The highest BCUT2D eigenvalue weighted by Crippen LogP contribution is 2.33. The highest BCUT2D eigenvalue weighted by Gasteiger charge is 2.40. The largest absolute Gasteiger partial charge is 0.356 e. The fourth-order valence-corrected chi connectivity index (χ4v) is 5.18. The number of hydrogen-bond acceptors (Lipinski definition) is 5. The van der Waals surface area contributed by atoms with E-state index in [9.17, 15) is 14.0 Å². The Labute approximate surface area is 177 Å². The molecule has 3 aliphatic heterocycles. The van der Waals surface area contributed by atoms with Crippen molar-refractivity contribution in [1.29, 1.82) is 0 Å². The van der Waals surface area contributed by atoms with Gasteiger partial charge in [0.05, 0.1) is 0 Å². The highest BCUT2D eigenvalue weighted by molar-refractivity contribution is 5.81. The van der Waals surface area contributed by atoms with E-state index in [-0.39, 0.29) is 30.4 Å². The Morgan fingerprint density at radius 3 is 2.40 bits per heavy atom. The lowest BCUT2D eigenvalue weighted by Crippen LogP contribution is -2.58. The van der Waals surface area contributed by atoms with E-state index in [1.54, 1.807) is 0 Å². The highest BCUT2D eigenvalue weighted by atomic mass is 19.1. The summed E-state index contributed by atoms with van der Waals surface area (Å²) in [7, 11) is 0. The Bertz CT molecular complexity index is 755. The van der Waals surface area contributed by atoms with Gasteiger partial charge in [-0.25, -0.2) is 4.39 Å². The van der Waals surface area contributed by atoms with Crippen molar-refractivity contribution < 1.29 is 18.7 Å². The Morgan fingerprint density at radius 2 is 1.73 bits per heavy atom. The molecule has 0 aliphatic carbocycles. The number of Topliss-reactive ketones (excluding diaryl/α,β-unsaturated/α-hetero) is 1. The van der Waals surface area contributed by atoms with Gasteiger partial charge in [0.2, 0.25) is 5.91 Å². The van der Waals surface area contributed by atoms with Gasteiger partial charge in [0, 0.05) is 56.6 Å². The number of benzene rings is 1. The van der Waals surface area contributed by atoms with Crippen LogP contribution in [0.2, 0.25) is 0 Å². The Morgan fingerprint density at radius 1 is 1.07 bits per heavy atom. The monoisotopic (exact) mass is 417 g/mol. The van der Waals surface area contributed by atoms with Crippen LogP contribution in [0.1, 0.15) is 45.1 Å². The van der Waals surface area contributed by atoms with Gasteiger partial charge < -0.3 is 9.64 Å². The molecule has 164 valence electrons. The summed E-state index contributed by atoms with van der Waals surface area (Å²) >= 11 is 0. The van der Waals surface area contributed by atoms with Crippen LogP contribution in [0.15, 0.2) is 24.3 Å². The average Bonchev–Trinajstić information content (AvgIpc) is 2.95. The van der Waals surface area contributed by atoms with E-state index in [1.165, 1.54) is 12.1 Å². The molecule has 0 radical (unpaired) electrons. The van der Waals surface area contributed by atoms with Gasteiger partial charge in [-0.3, -0.25) is 19.4 Å². The molecule has 2 bridgehead atoms. The van der Waals surface area contributed by atoms with E-state index in [4.69, 9.17) is 4.74 Å². The maximum Gasteiger partial charge on any atom is 0.248 e. The lowest BCUT2D eigenvalue weighted by molar-refractivity contribution is -0.146. The zero-order valence-electron chi connectivity index (χ0n) is 17.9. The molecule has 0 N–H and O–H groups in total. The molecule has 3 aliphatic rings. The maximum absolute atomic E-state index is 13.1.